The van der Waals surface area contributed by atoms with Crippen molar-refractivity contribution in [2.75, 3.05) is 19.4 Å². The first-order chi connectivity index (χ1) is 8.70. The molecule has 2 rings (SSSR count). The topological polar surface area (TPSA) is 50.4 Å². The maximum absolute atomic E-state index is 12.2. The van der Waals surface area contributed by atoms with Gasteiger partial charge in [0, 0.05) is 17.8 Å². The summed E-state index contributed by atoms with van der Waals surface area (Å²) in [6, 6.07) is 0.160. The van der Waals surface area contributed by atoms with E-state index in [4.69, 9.17) is 4.74 Å². The molecule has 0 aromatic heterocycles. The third-order valence-electron chi connectivity index (χ3n) is 3.90. The second-order valence-corrected chi connectivity index (χ2v) is 6.38. The van der Waals surface area contributed by atoms with Gasteiger partial charge in [-0.15, -0.1) is 12.4 Å². The molecule has 1 aliphatic heterocycles. The van der Waals surface area contributed by atoms with E-state index in [0.717, 1.165) is 19.4 Å². The highest BCUT2D eigenvalue weighted by atomic mass is 35.5. The molecule has 1 saturated heterocycles. The Morgan fingerprint density at radius 3 is 2.89 bits per heavy atom. The van der Waals surface area contributed by atoms with Crippen molar-refractivity contribution in [2.24, 2.45) is 0 Å². The summed E-state index contributed by atoms with van der Waals surface area (Å²) >= 11 is 1.92. The van der Waals surface area contributed by atoms with Crippen LogP contribution in [0, 0.1) is 0 Å². The summed E-state index contributed by atoms with van der Waals surface area (Å²) in [5.41, 5.74) is 0. The Balaban J connectivity index is 0.00000180. The van der Waals surface area contributed by atoms with Crippen molar-refractivity contribution in [1.82, 2.24) is 10.6 Å². The van der Waals surface area contributed by atoms with Crippen LogP contribution in [0.1, 0.15) is 32.6 Å². The molecule has 2 fully saturated rings. The van der Waals surface area contributed by atoms with Crippen LogP contribution in [0.5, 0.6) is 0 Å². The van der Waals surface area contributed by atoms with Crippen LogP contribution in [0.25, 0.3) is 0 Å². The minimum absolute atomic E-state index is 0. The minimum Gasteiger partial charge on any atom is -0.375 e. The van der Waals surface area contributed by atoms with Crippen molar-refractivity contribution in [3.05, 3.63) is 0 Å². The van der Waals surface area contributed by atoms with Gasteiger partial charge in [-0.2, -0.15) is 11.8 Å². The number of carbonyl (C=O) groups is 1. The molecule has 112 valence electrons. The van der Waals surface area contributed by atoms with Gasteiger partial charge in [0.1, 0.15) is 6.04 Å². The van der Waals surface area contributed by atoms with E-state index in [-0.39, 0.29) is 30.5 Å². The Bertz CT molecular complexity index is 294. The van der Waals surface area contributed by atoms with Crippen molar-refractivity contribution < 1.29 is 9.53 Å². The van der Waals surface area contributed by atoms with Gasteiger partial charge in [-0.25, -0.2) is 0 Å². The SMILES string of the molecule is CSC1CCCC(NC(=O)[C@H]2NCCO[C@@H]2C)C1.Cl. The molecule has 1 heterocycles. The summed E-state index contributed by atoms with van der Waals surface area (Å²) in [6.45, 7) is 3.42. The zero-order chi connectivity index (χ0) is 13.0. The van der Waals surface area contributed by atoms with E-state index >= 15 is 0 Å². The van der Waals surface area contributed by atoms with Gasteiger partial charge in [0.2, 0.25) is 5.91 Å². The van der Waals surface area contributed by atoms with E-state index in [1.807, 2.05) is 18.7 Å². The number of nitrogens with one attached hydrogen (secondary N) is 2. The molecular weight excluding hydrogens is 284 g/mol. The summed E-state index contributed by atoms with van der Waals surface area (Å²) in [5.74, 6) is 0.106. The third-order valence-corrected chi connectivity index (χ3v) is 5.00. The van der Waals surface area contributed by atoms with Crippen LogP contribution in [0.3, 0.4) is 0 Å². The molecule has 0 spiro atoms. The molecule has 1 aliphatic carbocycles. The van der Waals surface area contributed by atoms with E-state index in [9.17, 15) is 4.79 Å². The summed E-state index contributed by atoms with van der Waals surface area (Å²) < 4.78 is 5.52. The number of morpholine rings is 1. The third kappa shape index (κ3) is 4.81. The fraction of sp³-hybridized carbons (Fsp3) is 0.923. The molecular formula is C13H25ClN2O2S. The zero-order valence-corrected chi connectivity index (χ0v) is 13.3. The summed E-state index contributed by atoms with van der Waals surface area (Å²) in [6.07, 6.45) is 6.86. The largest absolute Gasteiger partial charge is 0.375 e. The predicted octanol–water partition coefficient (Wildman–Crippen LogP) is 1.58. The Morgan fingerprint density at radius 2 is 2.21 bits per heavy atom. The smallest absolute Gasteiger partial charge is 0.240 e. The van der Waals surface area contributed by atoms with Crippen molar-refractivity contribution in [3.63, 3.8) is 0 Å². The van der Waals surface area contributed by atoms with Crippen LogP contribution in [-0.4, -0.2) is 48.8 Å². The molecule has 0 aromatic rings. The monoisotopic (exact) mass is 308 g/mol. The van der Waals surface area contributed by atoms with Gasteiger partial charge in [0.25, 0.3) is 0 Å². The molecule has 1 amide bonds. The number of rotatable bonds is 3. The second-order valence-electron chi connectivity index (χ2n) is 5.24. The first-order valence-corrected chi connectivity index (χ1v) is 8.17. The van der Waals surface area contributed by atoms with Gasteiger partial charge >= 0.3 is 0 Å². The van der Waals surface area contributed by atoms with Gasteiger partial charge in [0.15, 0.2) is 0 Å². The summed E-state index contributed by atoms with van der Waals surface area (Å²) in [7, 11) is 0. The van der Waals surface area contributed by atoms with E-state index in [1.165, 1.54) is 12.8 Å². The number of ether oxygens (including phenoxy) is 1. The molecule has 1 saturated carbocycles. The lowest BCUT2D eigenvalue weighted by atomic mass is 9.94. The number of thioether (sulfide) groups is 1. The fourth-order valence-corrected chi connectivity index (χ4v) is 3.64. The Kier molecular flexibility index (Phi) is 7.50. The minimum atomic E-state index is -0.187. The Hall–Kier alpha value is 0.0300. The van der Waals surface area contributed by atoms with Gasteiger partial charge < -0.3 is 15.4 Å². The number of carbonyl (C=O) groups excluding carboxylic acids is 1. The number of halogens is 1. The molecule has 2 aliphatic rings. The first-order valence-electron chi connectivity index (χ1n) is 6.89. The quantitative estimate of drug-likeness (QED) is 0.831. The molecule has 4 atom stereocenters. The first kappa shape index (κ1) is 17.1. The van der Waals surface area contributed by atoms with E-state index in [1.54, 1.807) is 0 Å². The summed E-state index contributed by atoms with van der Waals surface area (Å²) in [5, 5.41) is 7.14. The molecule has 2 N–H and O–H groups in total. The van der Waals surface area contributed by atoms with Crippen molar-refractivity contribution in [1.29, 1.82) is 0 Å². The van der Waals surface area contributed by atoms with E-state index < -0.39 is 0 Å². The lowest BCUT2D eigenvalue weighted by Gasteiger charge is -2.33. The van der Waals surface area contributed by atoms with Gasteiger partial charge in [-0.05, 0) is 32.4 Å². The molecule has 0 radical (unpaired) electrons. The fourth-order valence-electron chi connectivity index (χ4n) is 2.81. The van der Waals surface area contributed by atoms with Crippen LogP contribution in [-0.2, 0) is 9.53 Å². The second kappa shape index (κ2) is 8.35. The van der Waals surface area contributed by atoms with Crippen LogP contribution in [0.2, 0.25) is 0 Å². The van der Waals surface area contributed by atoms with Crippen molar-refractivity contribution >= 4 is 30.1 Å². The van der Waals surface area contributed by atoms with Gasteiger partial charge in [-0.3, -0.25) is 4.79 Å². The van der Waals surface area contributed by atoms with Crippen LogP contribution in [0.4, 0.5) is 0 Å². The predicted molar refractivity (Wildman–Crippen MR) is 82.2 cm³/mol. The highest BCUT2D eigenvalue weighted by Crippen LogP contribution is 2.27. The molecule has 19 heavy (non-hydrogen) atoms. The lowest BCUT2D eigenvalue weighted by molar-refractivity contribution is -0.129. The standard InChI is InChI=1S/C13H24N2O2S.ClH/c1-9-12(14-6-7-17-9)13(16)15-10-4-3-5-11(8-10)18-2;/h9-12,14H,3-8H2,1-2H3,(H,15,16);1H/t9-,10?,11?,12+;/m1./s1. The van der Waals surface area contributed by atoms with Crippen LogP contribution < -0.4 is 10.6 Å². The van der Waals surface area contributed by atoms with Crippen LogP contribution >= 0.6 is 24.2 Å². The molecule has 4 nitrogen and oxygen atoms in total. The molecule has 2 unspecified atom stereocenters. The molecule has 0 aromatic carbocycles. The average Bonchev–Trinajstić information content (AvgIpc) is 2.39. The van der Waals surface area contributed by atoms with Gasteiger partial charge in [0.05, 0.1) is 12.7 Å². The molecule has 0 bridgehead atoms. The van der Waals surface area contributed by atoms with Crippen LogP contribution in [0.15, 0.2) is 0 Å². The number of amides is 1. The van der Waals surface area contributed by atoms with Gasteiger partial charge in [-0.1, -0.05) is 6.42 Å². The normalized spacial score (nSPS) is 35.3. The Morgan fingerprint density at radius 1 is 1.42 bits per heavy atom. The Labute approximate surface area is 126 Å². The average molecular weight is 309 g/mol. The maximum atomic E-state index is 12.2. The highest BCUT2D eigenvalue weighted by molar-refractivity contribution is 7.99. The van der Waals surface area contributed by atoms with E-state index in [0.29, 0.717) is 17.9 Å². The maximum Gasteiger partial charge on any atom is 0.240 e. The zero-order valence-electron chi connectivity index (χ0n) is 11.7. The molecule has 6 heteroatoms. The van der Waals surface area contributed by atoms with E-state index in [2.05, 4.69) is 16.9 Å². The highest BCUT2D eigenvalue weighted by Gasteiger charge is 2.31. The lowest BCUT2D eigenvalue weighted by Crippen LogP contribution is -2.57. The number of hydrogen-bond acceptors (Lipinski definition) is 4. The summed E-state index contributed by atoms with van der Waals surface area (Å²) in [4.78, 5) is 12.2. The number of hydrogen-bond donors (Lipinski definition) is 2. The van der Waals surface area contributed by atoms with Crippen molar-refractivity contribution in [2.45, 2.75) is 56.0 Å². The van der Waals surface area contributed by atoms with Crippen molar-refractivity contribution in [3.8, 4) is 0 Å².